The SMILES string of the molecule is Cc1cc(CNC(=O)NCCC(=O)O)cc(N2CCCC2)n1. The number of amides is 2. The summed E-state index contributed by atoms with van der Waals surface area (Å²) in [6, 6.07) is 3.57. The van der Waals surface area contributed by atoms with E-state index in [1.54, 1.807) is 0 Å². The zero-order valence-electron chi connectivity index (χ0n) is 12.8. The number of hydrogen-bond acceptors (Lipinski definition) is 4. The smallest absolute Gasteiger partial charge is 0.315 e. The molecule has 0 aliphatic carbocycles. The lowest BCUT2D eigenvalue weighted by atomic mass is 10.2. The van der Waals surface area contributed by atoms with E-state index in [4.69, 9.17) is 5.11 Å². The van der Waals surface area contributed by atoms with Crippen LogP contribution in [0.2, 0.25) is 0 Å². The van der Waals surface area contributed by atoms with Gasteiger partial charge in [0.05, 0.1) is 6.42 Å². The number of carbonyl (C=O) groups excluding carboxylic acids is 1. The molecule has 22 heavy (non-hydrogen) atoms. The highest BCUT2D eigenvalue weighted by Crippen LogP contribution is 2.19. The minimum atomic E-state index is -0.930. The number of aromatic nitrogens is 1. The van der Waals surface area contributed by atoms with Crippen LogP contribution in [0.1, 0.15) is 30.5 Å². The van der Waals surface area contributed by atoms with Crippen LogP contribution in [-0.2, 0) is 11.3 Å². The van der Waals surface area contributed by atoms with Gasteiger partial charge < -0.3 is 20.6 Å². The Bertz CT molecular complexity index is 542. The Balaban J connectivity index is 1.86. The third-order valence-corrected chi connectivity index (χ3v) is 3.51. The normalized spacial score (nSPS) is 14.0. The number of anilines is 1. The second-order valence-electron chi connectivity index (χ2n) is 5.42. The van der Waals surface area contributed by atoms with Crippen molar-refractivity contribution in [3.05, 3.63) is 23.4 Å². The molecular formula is C15H22N4O3. The molecule has 1 aromatic rings. The lowest BCUT2D eigenvalue weighted by Gasteiger charge is -2.18. The molecule has 1 aliphatic rings. The summed E-state index contributed by atoms with van der Waals surface area (Å²) in [6.07, 6.45) is 2.30. The fourth-order valence-corrected chi connectivity index (χ4v) is 2.46. The van der Waals surface area contributed by atoms with E-state index in [9.17, 15) is 9.59 Å². The Hall–Kier alpha value is -2.31. The van der Waals surface area contributed by atoms with E-state index in [0.717, 1.165) is 30.2 Å². The van der Waals surface area contributed by atoms with E-state index < -0.39 is 5.97 Å². The molecule has 1 saturated heterocycles. The van der Waals surface area contributed by atoms with E-state index >= 15 is 0 Å². The third kappa shape index (κ3) is 4.91. The number of aliphatic carboxylic acids is 1. The van der Waals surface area contributed by atoms with Gasteiger partial charge in [0.25, 0.3) is 0 Å². The van der Waals surface area contributed by atoms with Crippen molar-refractivity contribution in [1.29, 1.82) is 0 Å². The van der Waals surface area contributed by atoms with Crippen LogP contribution in [0.4, 0.5) is 10.6 Å². The number of carboxylic acid groups (broad SMARTS) is 1. The predicted molar refractivity (Wildman–Crippen MR) is 82.9 cm³/mol. The monoisotopic (exact) mass is 306 g/mol. The molecule has 0 spiro atoms. The summed E-state index contributed by atoms with van der Waals surface area (Å²) >= 11 is 0. The molecule has 0 radical (unpaired) electrons. The Labute approximate surface area is 129 Å². The van der Waals surface area contributed by atoms with Crippen LogP contribution in [0.15, 0.2) is 12.1 Å². The van der Waals surface area contributed by atoms with Gasteiger partial charge >= 0.3 is 12.0 Å². The van der Waals surface area contributed by atoms with Gasteiger partial charge in [0, 0.05) is 31.9 Å². The number of rotatable bonds is 6. The minimum absolute atomic E-state index is 0.0824. The van der Waals surface area contributed by atoms with Crippen LogP contribution in [0.25, 0.3) is 0 Å². The van der Waals surface area contributed by atoms with Crippen molar-refractivity contribution in [3.8, 4) is 0 Å². The van der Waals surface area contributed by atoms with Crippen molar-refractivity contribution in [2.45, 2.75) is 32.7 Å². The van der Waals surface area contributed by atoms with Crippen LogP contribution in [0.3, 0.4) is 0 Å². The summed E-state index contributed by atoms with van der Waals surface area (Å²) in [6.45, 7) is 4.51. The number of urea groups is 1. The fraction of sp³-hybridized carbons (Fsp3) is 0.533. The van der Waals surface area contributed by atoms with Crippen LogP contribution < -0.4 is 15.5 Å². The molecule has 7 heteroatoms. The topological polar surface area (TPSA) is 94.6 Å². The largest absolute Gasteiger partial charge is 0.481 e. The molecule has 1 aliphatic heterocycles. The Kier molecular flexibility index (Phi) is 5.57. The summed E-state index contributed by atoms with van der Waals surface area (Å²) in [5, 5.41) is 13.8. The van der Waals surface area contributed by atoms with Crippen molar-refractivity contribution >= 4 is 17.8 Å². The summed E-state index contributed by atoms with van der Waals surface area (Å²) in [4.78, 5) is 28.8. The number of carboxylic acids is 1. The summed E-state index contributed by atoms with van der Waals surface area (Å²) in [5.41, 5.74) is 1.91. The summed E-state index contributed by atoms with van der Waals surface area (Å²) < 4.78 is 0. The van der Waals surface area contributed by atoms with Gasteiger partial charge in [-0.15, -0.1) is 0 Å². The zero-order valence-corrected chi connectivity index (χ0v) is 12.8. The predicted octanol–water partition coefficient (Wildman–Crippen LogP) is 1.26. The van der Waals surface area contributed by atoms with Crippen LogP contribution in [0.5, 0.6) is 0 Å². The molecule has 3 N–H and O–H groups in total. The van der Waals surface area contributed by atoms with Gasteiger partial charge in [0.1, 0.15) is 5.82 Å². The van der Waals surface area contributed by atoms with Crippen molar-refractivity contribution in [3.63, 3.8) is 0 Å². The maximum Gasteiger partial charge on any atom is 0.315 e. The van der Waals surface area contributed by atoms with E-state index in [2.05, 4.69) is 20.5 Å². The first-order valence-electron chi connectivity index (χ1n) is 7.50. The number of aryl methyl sites for hydroxylation is 1. The summed E-state index contributed by atoms with van der Waals surface area (Å²) in [7, 11) is 0. The average Bonchev–Trinajstić information content (AvgIpc) is 2.98. The van der Waals surface area contributed by atoms with E-state index in [0.29, 0.717) is 6.54 Å². The fourth-order valence-electron chi connectivity index (χ4n) is 2.46. The van der Waals surface area contributed by atoms with E-state index in [-0.39, 0.29) is 19.0 Å². The second kappa shape index (κ2) is 7.63. The standard InChI is InChI=1S/C15H22N4O3/c1-11-8-12(9-13(18-11)19-6-2-3-7-19)10-17-15(22)16-5-4-14(20)21/h8-9H,2-7,10H2,1H3,(H,20,21)(H2,16,17,22). The van der Waals surface area contributed by atoms with Gasteiger partial charge in [-0.05, 0) is 37.5 Å². The van der Waals surface area contributed by atoms with Gasteiger partial charge in [-0.2, -0.15) is 0 Å². The molecule has 2 amide bonds. The number of hydrogen-bond donors (Lipinski definition) is 3. The maximum absolute atomic E-state index is 11.6. The minimum Gasteiger partial charge on any atom is -0.481 e. The highest BCUT2D eigenvalue weighted by molar-refractivity contribution is 5.75. The van der Waals surface area contributed by atoms with Gasteiger partial charge in [-0.1, -0.05) is 0 Å². The highest BCUT2D eigenvalue weighted by Gasteiger charge is 2.14. The van der Waals surface area contributed by atoms with Crippen molar-refractivity contribution < 1.29 is 14.7 Å². The van der Waals surface area contributed by atoms with Crippen LogP contribution in [-0.4, -0.2) is 41.7 Å². The van der Waals surface area contributed by atoms with Crippen molar-refractivity contribution in [1.82, 2.24) is 15.6 Å². The Morgan fingerprint density at radius 2 is 2.00 bits per heavy atom. The molecule has 2 rings (SSSR count). The van der Waals surface area contributed by atoms with Crippen LogP contribution in [0, 0.1) is 6.92 Å². The lowest BCUT2D eigenvalue weighted by Crippen LogP contribution is -2.36. The van der Waals surface area contributed by atoms with Gasteiger partial charge in [-0.25, -0.2) is 9.78 Å². The summed E-state index contributed by atoms with van der Waals surface area (Å²) in [5.74, 6) is 0.0286. The quantitative estimate of drug-likeness (QED) is 0.735. The third-order valence-electron chi connectivity index (χ3n) is 3.51. The first kappa shape index (κ1) is 16.1. The first-order valence-corrected chi connectivity index (χ1v) is 7.50. The Morgan fingerprint density at radius 3 is 2.68 bits per heavy atom. The molecule has 1 aromatic heterocycles. The van der Waals surface area contributed by atoms with Gasteiger partial charge in [0.2, 0.25) is 0 Å². The molecule has 7 nitrogen and oxygen atoms in total. The average molecular weight is 306 g/mol. The highest BCUT2D eigenvalue weighted by atomic mass is 16.4. The van der Waals surface area contributed by atoms with Crippen molar-refractivity contribution in [2.24, 2.45) is 0 Å². The molecule has 1 fully saturated rings. The molecule has 0 unspecified atom stereocenters. The molecule has 2 heterocycles. The van der Waals surface area contributed by atoms with Gasteiger partial charge in [-0.3, -0.25) is 4.79 Å². The lowest BCUT2D eigenvalue weighted by molar-refractivity contribution is -0.136. The number of carbonyl (C=O) groups is 2. The number of nitrogens with zero attached hydrogens (tertiary/aromatic N) is 2. The van der Waals surface area contributed by atoms with E-state index in [1.807, 2.05) is 19.1 Å². The number of nitrogens with one attached hydrogen (secondary N) is 2. The molecular weight excluding hydrogens is 284 g/mol. The van der Waals surface area contributed by atoms with E-state index in [1.165, 1.54) is 12.8 Å². The second-order valence-corrected chi connectivity index (χ2v) is 5.42. The first-order chi connectivity index (χ1) is 10.5. The molecule has 0 aromatic carbocycles. The zero-order chi connectivity index (χ0) is 15.9. The molecule has 0 atom stereocenters. The maximum atomic E-state index is 11.6. The number of pyridine rings is 1. The Morgan fingerprint density at radius 1 is 1.27 bits per heavy atom. The van der Waals surface area contributed by atoms with Crippen molar-refractivity contribution in [2.75, 3.05) is 24.5 Å². The van der Waals surface area contributed by atoms with Gasteiger partial charge in [0.15, 0.2) is 0 Å². The molecule has 0 bridgehead atoms. The molecule has 120 valence electrons. The van der Waals surface area contributed by atoms with Crippen LogP contribution >= 0.6 is 0 Å². The molecule has 0 saturated carbocycles.